The molecule has 2 rings (SSSR count). The summed E-state index contributed by atoms with van der Waals surface area (Å²) < 4.78 is 0. The van der Waals surface area contributed by atoms with Crippen LogP contribution in [0.5, 0.6) is 0 Å². The number of halogens is 1. The summed E-state index contributed by atoms with van der Waals surface area (Å²) in [5.74, 6) is 0.781. The number of aromatic nitrogens is 2. The van der Waals surface area contributed by atoms with Crippen LogP contribution in [-0.4, -0.2) is 9.97 Å². The minimum Gasteiger partial charge on any atom is -0.237 e. The van der Waals surface area contributed by atoms with Gasteiger partial charge in [-0.3, -0.25) is 0 Å². The first-order valence-electron chi connectivity index (χ1n) is 6.44. The van der Waals surface area contributed by atoms with Crippen molar-refractivity contribution in [1.82, 2.24) is 9.97 Å². The predicted molar refractivity (Wildman–Crippen MR) is 79.7 cm³/mol. The fraction of sp³-hybridized carbons (Fsp3) is 0.375. The lowest BCUT2D eigenvalue weighted by Crippen LogP contribution is -2.15. The summed E-state index contributed by atoms with van der Waals surface area (Å²) in [5, 5.41) is 0.516. The molecule has 1 aromatic heterocycles. The molecule has 0 unspecified atom stereocenters. The molecule has 0 radical (unpaired) electrons. The molecule has 0 amide bonds. The van der Waals surface area contributed by atoms with Gasteiger partial charge in [-0.15, -0.1) is 0 Å². The predicted octanol–water partition coefficient (Wildman–Crippen LogP) is 4.33. The first kappa shape index (κ1) is 14.0. The van der Waals surface area contributed by atoms with E-state index >= 15 is 0 Å². The molecule has 1 heterocycles. The zero-order valence-corrected chi connectivity index (χ0v) is 12.6. The summed E-state index contributed by atoms with van der Waals surface area (Å²) in [7, 11) is 0. The Labute approximate surface area is 119 Å². The average molecular weight is 275 g/mol. The summed E-state index contributed by atoms with van der Waals surface area (Å²) >= 11 is 6.10. The molecule has 0 fully saturated rings. The van der Waals surface area contributed by atoms with E-state index in [4.69, 9.17) is 11.6 Å². The van der Waals surface area contributed by atoms with Gasteiger partial charge in [0.25, 0.3) is 0 Å². The summed E-state index contributed by atoms with van der Waals surface area (Å²) in [6, 6.07) is 10.2. The first-order chi connectivity index (χ1) is 8.84. The van der Waals surface area contributed by atoms with E-state index in [1.165, 1.54) is 11.1 Å². The number of rotatable bonds is 2. The molecule has 0 N–H and O–H groups in total. The molecule has 100 valence electrons. The Morgan fingerprint density at radius 3 is 2.47 bits per heavy atom. The van der Waals surface area contributed by atoms with Crippen LogP contribution in [0.2, 0.25) is 5.15 Å². The van der Waals surface area contributed by atoms with Crippen LogP contribution in [0.15, 0.2) is 30.3 Å². The summed E-state index contributed by atoms with van der Waals surface area (Å²) in [4.78, 5) is 8.96. The Kier molecular flexibility index (Phi) is 3.91. The van der Waals surface area contributed by atoms with E-state index in [1.807, 2.05) is 6.07 Å². The van der Waals surface area contributed by atoms with Gasteiger partial charge < -0.3 is 0 Å². The highest BCUT2D eigenvalue weighted by Crippen LogP contribution is 2.23. The lowest BCUT2D eigenvalue weighted by atomic mass is 9.92. The van der Waals surface area contributed by atoms with Crippen molar-refractivity contribution in [3.8, 4) is 0 Å². The highest BCUT2D eigenvalue weighted by Gasteiger charge is 2.17. The van der Waals surface area contributed by atoms with E-state index in [1.54, 1.807) is 0 Å². The molecule has 2 nitrogen and oxygen atoms in total. The quantitative estimate of drug-likeness (QED) is 0.762. The van der Waals surface area contributed by atoms with Crippen LogP contribution in [-0.2, 0) is 11.8 Å². The van der Waals surface area contributed by atoms with Crippen LogP contribution >= 0.6 is 11.6 Å². The van der Waals surface area contributed by atoms with Crippen molar-refractivity contribution in [3.05, 3.63) is 58.1 Å². The Balaban J connectivity index is 2.33. The molecule has 0 saturated carbocycles. The second kappa shape index (κ2) is 5.30. The second-order valence-corrected chi connectivity index (χ2v) is 6.30. The number of hydrogen-bond donors (Lipinski definition) is 0. The third kappa shape index (κ3) is 3.77. The third-order valence-electron chi connectivity index (χ3n) is 2.95. The molecule has 0 aliphatic heterocycles. The average Bonchev–Trinajstić information content (AvgIpc) is 2.26. The molecule has 1 aromatic carbocycles. The summed E-state index contributed by atoms with van der Waals surface area (Å²) in [6.45, 7) is 8.47. The zero-order chi connectivity index (χ0) is 14.0. The van der Waals surface area contributed by atoms with E-state index in [9.17, 15) is 0 Å². The highest BCUT2D eigenvalue weighted by molar-refractivity contribution is 6.29. The normalized spacial score (nSPS) is 11.6. The maximum Gasteiger partial charge on any atom is 0.134 e. The van der Waals surface area contributed by atoms with Crippen LogP contribution in [0.3, 0.4) is 0 Å². The van der Waals surface area contributed by atoms with Gasteiger partial charge in [-0.1, -0.05) is 62.2 Å². The monoisotopic (exact) mass is 274 g/mol. The topological polar surface area (TPSA) is 25.8 Å². The van der Waals surface area contributed by atoms with Gasteiger partial charge in [0.2, 0.25) is 0 Å². The zero-order valence-electron chi connectivity index (χ0n) is 11.9. The highest BCUT2D eigenvalue weighted by atomic mass is 35.5. The molecular weight excluding hydrogens is 256 g/mol. The Morgan fingerprint density at radius 2 is 1.84 bits per heavy atom. The Morgan fingerprint density at radius 1 is 1.11 bits per heavy atom. The summed E-state index contributed by atoms with van der Waals surface area (Å²) in [6.07, 6.45) is 0.714. The third-order valence-corrected chi connectivity index (χ3v) is 3.15. The Bertz CT molecular complexity index is 586. The molecule has 0 spiro atoms. The largest absolute Gasteiger partial charge is 0.237 e. The molecule has 0 aliphatic carbocycles. The van der Waals surface area contributed by atoms with E-state index in [-0.39, 0.29) is 5.41 Å². The first-order valence-corrected chi connectivity index (χ1v) is 6.82. The van der Waals surface area contributed by atoms with Gasteiger partial charge in [0.05, 0.1) is 5.69 Å². The van der Waals surface area contributed by atoms with Crippen LogP contribution in [0.4, 0.5) is 0 Å². The van der Waals surface area contributed by atoms with Crippen molar-refractivity contribution < 1.29 is 0 Å². The van der Waals surface area contributed by atoms with E-state index < -0.39 is 0 Å². The minimum atomic E-state index is -0.0199. The van der Waals surface area contributed by atoms with Gasteiger partial charge in [-0.2, -0.15) is 0 Å². The van der Waals surface area contributed by atoms with Gasteiger partial charge in [-0.05, 0) is 18.6 Å². The van der Waals surface area contributed by atoms with Crippen molar-refractivity contribution in [2.45, 2.75) is 39.5 Å². The fourth-order valence-electron chi connectivity index (χ4n) is 1.93. The van der Waals surface area contributed by atoms with Gasteiger partial charge in [0, 0.05) is 11.8 Å². The molecule has 0 aliphatic rings. The van der Waals surface area contributed by atoms with Gasteiger partial charge in [0.15, 0.2) is 0 Å². The van der Waals surface area contributed by atoms with Crippen molar-refractivity contribution in [2.24, 2.45) is 0 Å². The molecule has 2 aromatic rings. The number of hydrogen-bond acceptors (Lipinski definition) is 2. The van der Waals surface area contributed by atoms with Gasteiger partial charge in [0.1, 0.15) is 11.0 Å². The lowest BCUT2D eigenvalue weighted by molar-refractivity contribution is 0.563. The summed E-state index contributed by atoms with van der Waals surface area (Å²) in [5.41, 5.74) is 3.42. The second-order valence-electron chi connectivity index (χ2n) is 5.91. The number of benzene rings is 1. The number of aryl methyl sites for hydroxylation is 1. The van der Waals surface area contributed by atoms with Gasteiger partial charge >= 0.3 is 0 Å². The lowest BCUT2D eigenvalue weighted by Gasteiger charge is -2.18. The van der Waals surface area contributed by atoms with E-state index in [0.29, 0.717) is 11.6 Å². The van der Waals surface area contributed by atoms with Crippen LogP contribution in [0, 0.1) is 6.92 Å². The molecule has 3 heteroatoms. The number of nitrogens with zero attached hydrogens (tertiary/aromatic N) is 2. The molecule has 0 atom stereocenters. The van der Waals surface area contributed by atoms with Crippen LogP contribution < -0.4 is 0 Å². The van der Waals surface area contributed by atoms with Crippen LogP contribution in [0.1, 0.15) is 43.4 Å². The smallest absolute Gasteiger partial charge is 0.134 e. The molecule has 19 heavy (non-hydrogen) atoms. The maximum atomic E-state index is 6.10. The van der Waals surface area contributed by atoms with Crippen molar-refractivity contribution in [3.63, 3.8) is 0 Å². The molecular formula is C16H19ClN2. The molecule has 0 saturated heterocycles. The SMILES string of the molecule is Cc1cccc(Cc2nc(Cl)cc(C(C)(C)C)n2)c1. The van der Waals surface area contributed by atoms with Crippen molar-refractivity contribution in [1.29, 1.82) is 0 Å². The Hall–Kier alpha value is -1.41. The van der Waals surface area contributed by atoms with Crippen molar-refractivity contribution >= 4 is 11.6 Å². The standard InChI is InChI=1S/C16H19ClN2/c1-11-6-5-7-12(8-11)9-15-18-13(16(2,3)4)10-14(17)19-15/h5-8,10H,9H2,1-4H3. The van der Waals surface area contributed by atoms with Crippen LogP contribution in [0.25, 0.3) is 0 Å². The molecule has 0 bridgehead atoms. The van der Waals surface area contributed by atoms with E-state index in [2.05, 4.69) is 61.9 Å². The van der Waals surface area contributed by atoms with Gasteiger partial charge in [-0.25, -0.2) is 9.97 Å². The van der Waals surface area contributed by atoms with Crippen molar-refractivity contribution in [2.75, 3.05) is 0 Å². The maximum absolute atomic E-state index is 6.10. The minimum absolute atomic E-state index is 0.0199. The van der Waals surface area contributed by atoms with E-state index in [0.717, 1.165) is 11.5 Å². The fourth-order valence-corrected chi connectivity index (χ4v) is 2.13.